The van der Waals surface area contributed by atoms with Gasteiger partial charge in [-0.2, -0.15) is 0 Å². The zero-order chi connectivity index (χ0) is 14.1. The first-order valence-electron chi connectivity index (χ1n) is 7.17. The second-order valence-corrected chi connectivity index (χ2v) is 4.90. The number of hydrogen-bond acceptors (Lipinski definition) is 4. The highest BCUT2D eigenvalue weighted by Crippen LogP contribution is 2.08. The smallest absolute Gasteiger partial charge is 0.202 e. The molecule has 0 bridgehead atoms. The van der Waals surface area contributed by atoms with Gasteiger partial charge in [0.25, 0.3) is 0 Å². The van der Waals surface area contributed by atoms with Crippen LogP contribution in [-0.2, 0) is 11.3 Å². The van der Waals surface area contributed by atoms with Crippen molar-refractivity contribution in [3.8, 4) is 0 Å². The van der Waals surface area contributed by atoms with Crippen LogP contribution >= 0.6 is 0 Å². The predicted octanol–water partition coefficient (Wildman–Crippen LogP) is 2.06. The molecular formula is C14H28N4O. The van der Waals surface area contributed by atoms with Crippen molar-refractivity contribution in [2.24, 2.45) is 0 Å². The van der Waals surface area contributed by atoms with Gasteiger partial charge in [-0.3, -0.25) is 0 Å². The molecule has 0 radical (unpaired) electrons. The summed E-state index contributed by atoms with van der Waals surface area (Å²) in [7, 11) is 3.88. The SMILES string of the molecule is CCCCNc1nccn1CC(CN(C)CC)OC. The predicted molar refractivity (Wildman–Crippen MR) is 79.6 cm³/mol. The quantitative estimate of drug-likeness (QED) is 0.660. The van der Waals surface area contributed by atoms with Gasteiger partial charge in [-0.1, -0.05) is 20.3 Å². The number of nitrogens with one attached hydrogen (secondary N) is 1. The lowest BCUT2D eigenvalue weighted by Gasteiger charge is -2.23. The Morgan fingerprint density at radius 2 is 2.26 bits per heavy atom. The molecule has 0 spiro atoms. The van der Waals surface area contributed by atoms with Gasteiger partial charge >= 0.3 is 0 Å². The van der Waals surface area contributed by atoms with E-state index in [0.717, 1.165) is 32.1 Å². The zero-order valence-corrected chi connectivity index (χ0v) is 12.7. The minimum absolute atomic E-state index is 0.186. The van der Waals surface area contributed by atoms with Gasteiger partial charge in [-0.15, -0.1) is 0 Å². The molecule has 1 rings (SSSR count). The standard InChI is InChI=1S/C14H28N4O/c1-5-7-8-15-14-16-9-10-18(14)12-13(19-4)11-17(3)6-2/h9-10,13H,5-8,11-12H2,1-4H3,(H,15,16). The number of unbranched alkanes of at least 4 members (excludes halogenated alkanes) is 1. The van der Waals surface area contributed by atoms with E-state index in [-0.39, 0.29) is 6.10 Å². The highest BCUT2D eigenvalue weighted by atomic mass is 16.5. The van der Waals surface area contributed by atoms with Crippen LogP contribution in [0.25, 0.3) is 0 Å². The van der Waals surface area contributed by atoms with Crippen LogP contribution in [0.15, 0.2) is 12.4 Å². The van der Waals surface area contributed by atoms with E-state index in [0.29, 0.717) is 0 Å². The molecule has 0 amide bonds. The van der Waals surface area contributed by atoms with Crippen LogP contribution in [-0.4, -0.2) is 54.3 Å². The molecule has 0 fully saturated rings. The number of imidazole rings is 1. The van der Waals surface area contributed by atoms with Crippen molar-refractivity contribution >= 4 is 5.95 Å². The number of anilines is 1. The summed E-state index contributed by atoms with van der Waals surface area (Å²) in [5.74, 6) is 0.939. The molecule has 0 saturated carbocycles. The van der Waals surface area contributed by atoms with E-state index in [1.807, 2.05) is 12.4 Å². The number of nitrogens with zero attached hydrogens (tertiary/aromatic N) is 3. The Morgan fingerprint density at radius 1 is 1.47 bits per heavy atom. The van der Waals surface area contributed by atoms with Crippen molar-refractivity contribution in [2.45, 2.75) is 39.3 Å². The number of methoxy groups -OCH3 is 1. The first kappa shape index (κ1) is 16.0. The van der Waals surface area contributed by atoms with Gasteiger partial charge in [0.15, 0.2) is 0 Å². The van der Waals surface area contributed by atoms with Crippen LogP contribution in [0.3, 0.4) is 0 Å². The fourth-order valence-corrected chi connectivity index (χ4v) is 1.90. The summed E-state index contributed by atoms with van der Waals surface area (Å²) in [5, 5.41) is 3.37. The fourth-order valence-electron chi connectivity index (χ4n) is 1.90. The first-order chi connectivity index (χ1) is 9.21. The molecule has 1 unspecified atom stereocenters. The fraction of sp³-hybridized carbons (Fsp3) is 0.786. The normalized spacial score (nSPS) is 12.9. The molecule has 1 heterocycles. The highest BCUT2D eigenvalue weighted by molar-refractivity contribution is 5.25. The summed E-state index contributed by atoms with van der Waals surface area (Å²) in [6, 6.07) is 0. The lowest BCUT2D eigenvalue weighted by molar-refractivity contribution is 0.0607. The Hall–Kier alpha value is -1.07. The van der Waals surface area contributed by atoms with Crippen molar-refractivity contribution in [3.63, 3.8) is 0 Å². The molecule has 0 aliphatic rings. The molecule has 1 aromatic rings. The number of hydrogen-bond donors (Lipinski definition) is 1. The third kappa shape index (κ3) is 5.61. The number of ether oxygens (including phenoxy) is 1. The molecule has 0 aromatic carbocycles. The van der Waals surface area contributed by atoms with Crippen LogP contribution < -0.4 is 5.32 Å². The lowest BCUT2D eigenvalue weighted by atomic mass is 10.3. The maximum Gasteiger partial charge on any atom is 0.202 e. The van der Waals surface area contributed by atoms with Gasteiger partial charge in [-0.05, 0) is 20.0 Å². The maximum atomic E-state index is 5.56. The molecule has 110 valence electrons. The maximum absolute atomic E-state index is 5.56. The van der Waals surface area contributed by atoms with Gasteiger partial charge in [0.2, 0.25) is 5.95 Å². The van der Waals surface area contributed by atoms with E-state index in [1.165, 1.54) is 12.8 Å². The van der Waals surface area contributed by atoms with E-state index < -0.39 is 0 Å². The number of rotatable bonds is 10. The zero-order valence-electron chi connectivity index (χ0n) is 12.7. The van der Waals surface area contributed by atoms with Gasteiger partial charge in [0, 0.05) is 32.6 Å². The highest BCUT2D eigenvalue weighted by Gasteiger charge is 2.12. The summed E-state index contributed by atoms with van der Waals surface area (Å²) in [5.41, 5.74) is 0. The third-order valence-electron chi connectivity index (χ3n) is 3.32. The Labute approximate surface area is 117 Å². The van der Waals surface area contributed by atoms with E-state index in [4.69, 9.17) is 4.74 Å². The second kappa shape index (κ2) is 8.93. The monoisotopic (exact) mass is 268 g/mol. The van der Waals surface area contributed by atoms with Crippen LogP contribution in [0.1, 0.15) is 26.7 Å². The molecule has 0 aliphatic carbocycles. The van der Waals surface area contributed by atoms with E-state index >= 15 is 0 Å². The van der Waals surface area contributed by atoms with Crippen LogP contribution in [0, 0.1) is 0 Å². The summed E-state index contributed by atoms with van der Waals surface area (Å²) in [6.07, 6.45) is 6.39. The Morgan fingerprint density at radius 3 is 2.89 bits per heavy atom. The van der Waals surface area contributed by atoms with Crippen LogP contribution in [0.5, 0.6) is 0 Å². The molecule has 19 heavy (non-hydrogen) atoms. The molecule has 1 aromatic heterocycles. The molecule has 1 atom stereocenters. The topological polar surface area (TPSA) is 42.3 Å². The van der Waals surface area contributed by atoms with Gasteiger partial charge in [0.1, 0.15) is 0 Å². The second-order valence-electron chi connectivity index (χ2n) is 4.90. The Kier molecular flexibility index (Phi) is 7.52. The number of likely N-dealkylation sites (N-methyl/N-ethyl adjacent to an activating group) is 1. The summed E-state index contributed by atoms with van der Waals surface area (Å²) >= 11 is 0. The van der Waals surface area contributed by atoms with E-state index in [9.17, 15) is 0 Å². The van der Waals surface area contributed by atoms with E-state index in [2.05, 4.69) is 40.7 Å². The van der Waals surface area contributed by atoms with Crippen molar-refractivity contribution in [1.82, 2.24) is 14.5 Å². The van der Waals surface area contributed by atoms with Crippen molar-refractivity contribution in [2.75, 3.05) is 39.1 Å². The van der Waals surface area contributed by atoms with Crippen molar-refractivity contribution in [3.05, 3.63) is 12.4 Å². The first-order valence-corrected chi connectivity index (χ1v) is 7.17. The van der Waals surface area contributed by atoms with Gasteiger partial charge in [0.05, 0.1) is 12.6 Å². The van der Waals surface area contributed by atoms with Crippen LogP contribution in [0.2, 0.25) is 0 Å². The lowest BCUT2D eigenvalue weighted by Crippen LogP contribution is -2.33. The molecule has 5 heteroatoms. The van der Waals surface area contributed by atoms with Gasteiger partial charge in [-0.25, -0.2) is 4.98 Å². The molecule has 1 N–H and O–H groups in total. The number of aromatic nitrogens is 2. The van der Waals surface area contributed by atoms with E-state index in [1.54, 1.807) is 7.11 Å². The van der Waals surface area contributed by atoms with Crippen LogP contribution in [0.4, 0.5) is 5.95 Å². The Bertz CT molecular complexity index is 340. The largest absolute Gasteiger partial charge is 0.378 e. The minimum Gasteiger partial charge on any atom is -0.378 e. The van der Waals surface area contributed by atoms with Crippen molar-refractivity contribution in [1.29, 1.82) is 0 Å². The molecular weight excluding hydrogens is 240 g/mol. The molecule has 0 aliphatic heterocycles. The molecule has 0 saturated heterocycles. The minimum atomic E-state index is 0.186. The average Bonchev–Trinajstić information content (AvgIpc) is 2.85. The third-order valence-corrected chi connectivity index (χ3v) is 3.32. The summed E-state index contributed by atoms with van der Waals surface area (Å²) in [6.45, 7) is 8.11. The molecule has 5 nitrogen and oxygen atoms in total. The van der Waals surface area contributed by atoms with Gasteiger partial charge < -0.3 is 19.5 Å². The Balaban J connectivity index is 2.52. The van der Waals surface area contributed by atoms with Crippen molar-refractivity contribution < 1.29 is 4.74 Å². The summed E-state index contributed by atoms with van der Waals surface area (Å²) < 4.78 is 7.69. The summed E-state index contributed by atoms with van der Waals surface area (Å²) in [4.78, 5) is 6.62. The average molecular weight is 268 g/mol.